The van der Waals surface area contributed by atoms with Gasteiger partial charge in [-0.3, -0.25) is 0 Å². The molecule has 0 aromatic rings. The van der Waals surface area contributed by atoms with Gasteiger partial charge in [-0.1, -0.05) is 23.2 Å². The van der Waals surface area contributed by atoms with Gasteiger partial charge in [0, 0.05) is 16.5 Å². The zero-order valence-corrected chi connectivity index (χ0v) is 6.15. The van der Waals surface area contributed by atoms with Crippen LogP contribution >= 0.6 is 23.2 Å². The topological polar surface area (TPSA) is 20.2 Å². The SMILES string of the molecule is OC1C=C(Cl)C=C(Cl)C1. The Balaban J connectivity index is 2.74. The van der Waals surface area contributed by atoms with Crippen LogP contribution in [0.1, 0.15) is 6.42 Å². The van der Waals surface area contributed by atoms with E-state index in [4.69, 9.17) is 28.3 Å². The third-order valence-electron chi connectivity index (χ3n) is 1.05. The van der Waals surface area contributed by atoms with Crippen molar-refractivity contribution in [1.82, 2.24) is 0 Å². The molecule has 50 valence electrons. The fraction of sp³-hybridized carbons (Fsp3) is 0.333. The van der Waals surface area contributed by atoms with Gasteiger partial charge in [0.2, 0.25) is 0 Å². The monoisotopic (exact) mass is 164 g/mol. The summed E-state index contributed by atoms with van der Waals surface area (Å²) in [4.78, 5) is 0. The molecule has 0 amide bonds. The summed E-state index contributed by atoms with van der Waals surface area (Å²) in [5, 5.41) is 10.1. The maximum absolute atomic E-state index is 8.96. The highest BCUT2D eigenvalue weighted by Gasteiger charge is 2.08. The molecule has 0 saturated carbocycles. The number of hydrogen-bond donors (Lipinski definition) is 1. The van der Waals surface area contributed by atoms with Gasteiger partial charge in [-0.15, -0.1) is 0 Å². The van der Waals surface area contributed by atoms with Crippen LogP contribution in [0, 0.1) is 0 Å². The molecule has 1 aliphatic rings. The van der Waals surface area contributed by atoms with E-state index in [0.717, 1.165) is 0 Å². The molecule has 0 radical (unpaired) electrons. The van der Waals surface area contributed by atoms with Gasteiger partial charge in [0.05, 0.1) is 6.10 Å². The summed E-state index contributed by atoms with van der Waals surface area (Å²) in [6, 6.07) is 0. The van der Waals surface area contributed by atoms with Crippen LogP contribution in [-0.4, -0.2) is 11.2 Å². The molecular formula is C6H6Cl2O. The molecule has 0 aliphatic heterocycles. The molecule has 1 rings (SSSR count). The van der Waals surface area contributed by atoms with Gasteiger partial charge in [-0.05, 0) is 12.2 Å². The van der Waals surface area contributed by atoms with Crippen molar-refractivity contribution >= 4 is 23.2 Å². The Morgan fingerprint density at radius 1 is 1.56 bits per heavy atom. The summed E-state index contributed by atoms with van der Waals surface area (Å²) in [6.45, 7) is 0. The highest BCUT2D eigenvalue weighted by molar-refractivity contribution is 6.34. The van der Waals surface area contributed by atoms with E-state index in [1.165, 1.54) is 0 Å². The van der Waals surface area contributed by atoms with Crippen molar-refractivity contribution in [3.8, 4) is 0 Å². The molecule has 9 heavy (non-hydrogen) atoms. The van der Waals surface area contributed by atoms with Crippen molar-refractivity contribution in [2.45, 2.75) is 12.5 Å². The fourth-order valence-corrected chi connectivity index (χ4v) is 1.31. The average molecular weight is 165 g/mol. The highest BCUT2D eigenvalue weighted by Crippen LogP contribution is 2.22. The Labute approximate surface area is 63.6 Å². The summed E-state index contributed by atoms with van der Waals surface area (Å²) >= 11 is 11.1. The number of aliphatic hydroxyl groups excluding tert-OH is 1. The van der Waals surface area contributed by atoms with E-state index in [1.54, 1.807) is 12.2 Å². The molecule has 1 unspecified atom stereocenters. The van der Waals surface area contributed by atoms with Gasteiger partial charge < -0.3 is 5.11 Å². The first kappa shape index (κ1) is 7.13. The second-order valence-electron chi connectivity index (χ2n) is 1.91. The zero-order valence-electron chi connectivity index (χ0n) is 4.64. The first-order chi connectivity index (χ1) is 4.18. The molecular weight excluding hydrogens is 159 g/mol. The third kappa shape index (κ3) is 2.01. The van der Waals surface area contributed by atoms with Gasteiger partial charge in [0.25, 0.3) is 0 Å². The number of rotatable bonds is 0. The first-order valence-electron chi connectivity index (χ1n) is 2.60. The van der Waals surface area contributed by atoms with Gasteiger partial charge in [-0.25, -0.2) is 0 Å². The zero-order chi connectivity index (χ0) is 6.85. The number of halogens is 2. The van der Waals surface area contributed by atoms with E-state index in [1.807, 2.05) is 0 Å². The maximum atomic E-state index is 8.96. The lowest BCUT2D eigenvalue weighted by Crippen LogP contribution is -2.05. The van der Waals surface area contributed by atoms with Crippen LogP contribution in [0.15, 0.2) is 22.2 Å². The lowest BCUT2D eigenvalue weighted by atomic mass is 10.1. The highest BCUT2D eigenvalue weighted by atomic mass is 35.5. The molecule has 0 bridgehead atoms. The van der Waals surface area contributed by atoms with Crippen molar-refractivity contribution in [2.75, 3.05) is 0 Å². The maximum Gasteiger partial charge on any atom is 0.0787 e. The summed E-state index contributed by atoms with van der Waals surface area (Å²) in [6.07, 6.45) is 3.18. The van der Waals surface area contributed by atoms with E-state index in [0.29, 0.717) is 16.5 Å². The van der Waals surface area contributed by atoms with E-state index in [2.05, 4.69) is 0 Å². The minimum absolute atomic E-state index is 0.484. The number of allylic oxidation sites excluding steroid dienone is 2. The molecule has 1 nitrogen and oxygen atoms in total. The van der Waals surface area contributed by atoms with Crippen molar-refractivity contribution < 1.29 is 5.11 Å². The Kier molecular flexibility index (Phi) is 2.17. The minimum atomic E-state index is -0.505. The van der Waals surface area contributed by atoms with Gasteiger partial charge in [0.1, 0.15) is 0 Å². The summed E-state index contributed by atoms with van der Waals surface area (Å²) in [5.74, 6) is 0. The van der Waals surface area contributed by atoms with Crippen LogP contribution < -0.4 is 0 Å². The summed E-state index contributed by atoms with van der Waals surface area (Å²) in [7, 11) is 0. The van der Waals surface area contributed by atoms with Crippen molar-refractivity contribution in [1.29, 1.82) is 0 Å². The van der Waals surface area contributed by atoms with Crippen molar-refractivity contribution in [2.24, 2.45) is 0 Å². The largest absolute Gasteiger partial charge is 0.389 e. The second-order valence-corrected chi connectivity index (χ2v) is 2.84. The Morgan fingerprint density at radius 2 is 2.22 bits per heavy atom. The van der Waals surface area contributed by atoms with Crippen LogP contribution in [0.2, 0.25) is 0 Å². The normalized spacial score (nSPS) is 27.2. The van der Waals surface area contributed by atoms with Gasteiger partial charge in [-0.2, -0.15) is 0 Å². The standard InChI is InChI=1S/C6H6Cl2O/c7-4-1-5(8)3-6(9)2-4/h1-2,6,9H,3H2. The first-order valence-corrected chi connectivity index (χ1v) is 3.35. The molecule has 1 atom stereocenters. The Morgan fingerprint density at radius 3 is 2.67 bits per heavy atom. The van der Waals surface area contributed by atoms with E-state index >= 15 is 0 Å². The molecule has 0 saturated heterocycles. The van der Waals surface area contributed by atoms with Gasteiger partial charge >= 0.3 is 0 Å². The fourth-order valence-electron chi connectivity index (χ4n) is 0.699. The predicted octanol–water partition coefficient (Wildman–Crippen LogP) is 2.00. The predicted molar refractivity (Wildman–Crippen MR) is 38.5 cm³/mol. The number of hydrogen-bond acceptors (Lipinski definition) is 1. The Bertz CT molecular complexity index is 172. The molecule has 3 heteroatoms. The Hall–Kier alpha value is 0.0200. The molecule has 1 N–H and O–H groups in total. The van der Waals surface area contributed by atoms with Crippen LogP contribution in [0.5, 0.6) is 0 Å². The third-order valence-corrected chi connectivity index (χ3v) is 1.55. The number of aliphatic hydroxyl groups is 1. The van der Waals surface area contributed by atoms with E-state index in [9.17, 15) is 0 Å². The van der Waals surface area contributed by atoms with E-state index in [-0.39, 0.29) is 0 Å². The van der Waals surface area contributed by atoms with Crippen molar-refractivity contribution in [3.05, 3.63) is 22.2 Å². The lowest BCUT2D eigenvalue weighted by molar-refractivity contribution is 0.224. The van der Waals surface area contributed by atoms with Crippen LogP contribution in [-0.2, 0) is 0 Å². The summed E-state index contributed by atoms with van der Waals surface area (Å²) in [5.41, 5.74) is 0. The minimum Gasteiger partial charge on any atom is -0.389 e. The molecule has 0 spiro atoms. The van der Waals surface area contributed by atoms with Gasteiger partial charge in [0.15, 0.2) is 0 Å². The van der Waals surface area contributed by atoms with E-state index < -0.39 is 6.10 Å². The van der Waals surface area contributed by atoms with Crippen LogP contribution in [0.3, 0.4) is 0 Å². The smallest absolute Gasteiger partial charge is 0.0787 e. The van der Waals surface area contributed by atoms with Crippen LogP contribution in [0.4, 0.5) is 0 Å². The molecule has 0 fully saturated rings. The quantitative estimate of drug-likeness (QED) is 0.581. The summed E-state index contributed by atoms with van der Waals surface area (Å²) < 4.78 is 0. The molecule has 0 aromatic carbocycles. The molecule has 1 aliphatic carbocycles. The molecule has 0 heterocycles. The molecule has 0 aromatic heterocycles. The lowest BCUT2D eigenvalue weighted by Gasteiger charge is -2.09. The average Bonchev–Trinajstić information content (AvgIpc) is 1.59. The van der Waals surface area contributed by atoms with Crippen molar-refractivity contribution in [3.63, 3.8) is 0 Å². The second kappa shape index (κ2) is 2.74. The van der Waals surface area contributed by atoms with Crippen LogP contribution in [0.25, 0.3) is 0 Å².